The second-order valence-corrected chi connectivity index (χ2v) is 10.6. The van der Waals surface area contributed by atoms with Crippen LogP contribution in [0.1, 0.15) is 84.0 Å². The minimum absolute atomic E-state index is 0.738. The lowest BCUT2D eigenvalue weighted by atomic mass is 9.91. The molecule has 0 saturated heterocycles. The number of fused-ring (bicyclic) bond motifs is 1. The molecule has 4 rings (SSSR count). The van der Waals surface area contributed by atoms with Crippen LogP contribution in [0, 0.1) is 0 Å². The molecule has 2 aliphatic rings. The molecule has 154 valence electrons. The second-order valence-electron chi connectivity index (χ2n) is 8.35. The average molecular weight is 419 g/mol. The largest absolute Gasteiger partial charge is 0.494 e. The highest BCUT2D eigenvalue weighted by atomic mass is 32.2. The van der Waals surface area contributed by atoms with E-state index in [-0.39, 0.29) is 0 Å². The molecular weight excluding hydrogens is 384 g/mol. The van der Waals surface area contributed by atoms with Crippen molar-refractivity contribution in [2.45, 2.75) is 100 Å². The van der Waals surface area contributed by atoms with Gasteiger partial charge in [-0.15, -0.1) is 11.3 Å². The molecule has 1 aromatic carbocycles. The van der Waals surface area contributed by atoms with Gasteiger partial charge in [-0.1, -0.05) is 51.9 Å². The van der Waals surface area contributed by atoms with Gasteiger partial charge in [0.2, 0.25) is 0 Å². The third-order valence-electron chi connectivity index (χ3n) is 6.16. The summed E-state index contributed by atoms with van der Waals surface area (Å²) in [7, 11) is 0. The summed E-state index contributed by atoms with van der Waals surface area (Å²) in [4.78, 5) is 4.99. The third-order valence-corrected chi connectivity index (χ3v) is 8.52. The first-order valence-corrected chi connectivity index (χ1v) is 12.9. The zero-order valence-corrected chi connectivity index (χ0v) is 18.8. The van der Waals surface area contributed by atoms with Crippen LogP contribution in [0.3, 0.4) is 0 Å². The number of ether oxygens (including phenoxy) is 1. The van der Waals surface area contributed by atoms with Crippen molar-refractivity contribution < 1.29 is 4.74 Å². The standard InChI is InChI=1S/C23H34N2OS2/c1-2-3-16-26-20-14-15-22-21(17-20)24-23(27-22)28-25(18-10-6-4-7-11-18)19-12-8-5-9-13-19/h14-15,17-19H,2-13,16H2,1H3. The van der Waals surface area contributed by atoms with Crippen molar-refractivity contribution >= 4 is 33.5 Å². The summed E-state index contributed by atoms with van der Waals surface area (Å²) in [6, 6.07) is 7.88. The monoisotopic (exact) mass is 418 g/mol. The molecule has 1 heterocycles. The summed E-state index contributed by atoms with van der Waals surface area (Å²) in [6.45, 7) is 2.99. The van der Waals surface area contributed by atoms with Gasteiger partial charge in [0.05, 0.1) is 16.8 Å². The Balaban J connectivity index is 1.49. The van der Waals surface area contributed by atoms with Crippen molar-refractivity contribution in [1.29, 1.82) is 0 Å². The predicted molar refractivity (Wildman–Crippen MR) is 121 cm³/mol. The SMILES string of the molecule is CCCCOc1ccc2sc(SN(C3CCCCC3)C3CCCCC3)nc2c1. The fourth-order valence-corrected chi connectivity index (χ4v) is 6.95. The van der Waals surface area contributed by atoms with Gasteiger partial charge in [-0.25, -0.2) is 9.29 Å². The van der Waals surface area contributed by atoms with E-state index in [0.717, 1.165) is 42.8 Å². The minimum atomic E-state index is 0.738. The van der Waals surface area contributed by atoms with Gasteiger partial charge in [0.1, 0.15) is 5.75 Å². The molecule has 3 nitrogen and oxygen atoms in total. The normalized spacial score (nSPS) is 19.5. The Morgan fingerprint density at radius 3 is 2.36 bits per heavy atom. The molecule has 0 aliphatic heterocycles. The van der Waals surface area contributed by atoms with E-state index in [4.69, 9.17) is 9.72 Å². The molecular formula is C23H34N2OS2. The molecule has 28 heavy (non-hydrogen) atoms. The zero-order valence-electron chi connectivity index (χ0n) is 17.2. The topological polar surface area (TPSA) is 25.4 Å². The average Bonchev–Trinajstić information content (AvgIpc) is 3.15. The number of unbranched alkanes of at least 4 members (excludes halogenated alkanes) is 1. The van der Waals surface area contributed by atoms with Crippen LogP contribution in [0.15, 0.2) is 22.5 Å². The summed E-state index contributed by atoms with van der Waals surface area (Å²) in [5.41, 5.74) is 1.09. The van der Waals surface area contributed by atoms with E-state index in [1.54, 1.807) is 0 Å². The van der Waals surface area contributed by atoms with Crippen LogP contribution in [0.5, 0.6) is 5.75 Å². The fourth-order valence-electron chi connectivity index (χ4n) is 4.56. The number of aromatic nitrogens is 1. The van der Waals surface area contributed by atoms with Crippen LogP contribution in [-0.4, -0.2) is 28.0 Å². The molecule has 5 heteroatoms. The highest BCUT2D eigenvalue weighted by molar-refractivity contribution is 7.99. The third kappa shape index (κ3) is 5.22. The van der Waals surface area contributed by atoms with E-state index < -0.39 is 0 Å². The molecule has 0 atom stereocenters. The Morgan fingerprint density at radius 2 is 1.71 bits per heavy atom. The van der Waals surface area contributed by atoms with E-state index >= 15 is 0 Å². The van der Waals surface area contributed by atoms with Crippen molar-refractivity contribution in [2.24, 2.45) is 0 Å². The molecule has 2 fully saturated rings. The highest BCUT2D eigenvalue weighted by Gasteiger charge is 2.30. The Morgan fingerprint density at radius 1 is 1.04 bits per heavy atom. The van der Waals surface area contributed by atoms with Crippen LogP contribution in [0.25, 0.3) is 10.2 Å². The smallest absolute Gasteiger partial charge is 0.166 e. The molecule has 1 aromatic heterocycles. The van der Waals surface area contributed by atoms with Crippen molar-refractivity contribution in [3.05, 3.63) is 18.2 Å². The summed E-state index contributed by atoms with van der Waals surface area (Å²) in [5.74, 6) is 0.958. The van der Waals surface area contributed by atoms with Crippen LogP contribution in [-0.2, 0) is 0 Å². The van der Waals surface area contributed by atoms with Gasteiger partial charge < -0.3 is 4.74 Å². The number of benzene rings is 1. The van der Waals surface area contributed by atoms with Crippen molar-refractivity contribution in [1.82, 2.24) is 9.29 Å². The van der Waals surface area contributed by atoms with E-state index in [9.17, 15) is 0 Å². The van der Waals surface area contributed by atoms with Crippen LogP contribution < -0.4 is 4.74 Å². The van der Waals surface area contributed by atoms with E-state index in [0.29, 0.717) is 0 Å². The Bertz CT molecular complexity index is 717. The Hall–Kier alpha value is -0.780. The predicted octanol–water partition coefficient (Wildman–Crippen LogP) is 7.45. The van der Waals surface area contributed by atoms with Gasteiger partial charge in [0.15, 0.2) is 4.34 Å². The number of hydrogen-bond acceptors (Lipinski definition) is 5. The maximum atomic E-state index is 5.88. The molecule has 2 saturated carbocycles. The lowest BCUT2D eigenvalue weighted by molar-refractivity contribution is 0.185. The van der Waals surface area contributed by atoms with Gasteiger partial charge in [0, 0.05) is 18.2 Å². The van der Waals surface area contributed by atoms with Crippen LogP contribution in [0.4, 0.5) is 0 Å². The molecule has 0 amide bonds. The number of hydrogen-bond donors (Lipinski definition) is 0. The molecule has 2 aromatic rings. The number of nitrogens with zero attached hydrogens (tertiary/aromatic N) is 2. The second kappa shape index (κ2) is 10.3. The number of thiazole rings is 1. The number of rotatable bonds is 8. The summed E-state index contributed by atoms with van der Waals surface area (Å²) >= 11 is 3.80. The Kier molecular flexibility index (Phi) is 7.54. The molecule has 2 aliphatic carbocycles. The van der Waals surface area contributed by atoms with E-state index in [1.165, 1.54) is 73.2 Å². The van der Waals surface area contributed by atoms with E-state index in [2.05, 4.69) is 29.4 Å². The van der Waals surface area contributed by atoms with Gasteiger partial charge in [-0.05, 0) is 56.2 Å². The van der Waals surface area contributed by atoms with Gasteiger partial charge in [0.25, 0.3) is 0 Å². The quantitative estimate of drug-likeness (QED) is 0.328. The van der Waals surface area contributed by atoms with Crippen molar-refractivity contribution in [2.75, 3.05) is 6.61 Å². The fraction of sp³-hybridized carbons (Fsp3) is 0.696. The maximum Gasteiger partial charge on any atom is 0.166 e. The first kappa shape index (κ1) is 20.5. The first-order chi connectivity index (χ1) is 13.8. The van der Waals surface area contributed by atoms with Gasteiger partial charge in [-0.3, -0.25) is 0 Å². The molecule has 0 radical (unpaired) electrons. The molecule has 0 spiro atoms. The lowest BCUT2D eigenvalue weighted by Crippen LogP contribution is -2.40. The van der Waals surface area contributed by atoms with Crippen LogP contribution in [0.2, 0.25) is 0 Å². The Labute approximate surface area is 178 Å². The minimum Gasteiger partial charge on any atom is -0.494 e. The summed E-state index contributed by atoms with van der Waals surface area (Å²) in [6.07, 6.45) is 16.1. The van der Waals surface area contributed by atoms with Crippen LogP contribution >= 0.6 is 23.3 Å². The summed E-state index contributed by atoms with van der Waals surface area (Å²) in [5, 5.41) is 0. The zero-order chi connectivity index (χ0) is 19.2. The molecule has 0 bridgehead atoms. The molecule has 0 unspecified atom stereocenters. The van der Waals surface area contributed by atoms with E-state index in [1.807, 2.05) is 23.3 Å². The highest BCUT2D eigenvalue weighted by Crippen LogP contribution is 2.40. The van der Waals surface area contributed by atoms with Crippen molar-refractivity contribution in [3.63, 3.8) is 0 Å². The van der Waals surface area contributed by atoms with Gasteiger partial charge >= 0.3 is 0 Å². The molecule has 0 N–H and O–H groups in total. The first-order valence-electron chi connectivity index (χ1n) is 11.3. The lowest BCUT2D eigenvalue weighted by Gasteiger charge is -2.40. The summed E-state index contributed by atoms with van der Waals surface area (Å²) < 4.78 is 11.1. The van der Waals surface area contributed by atoms with Crippen molar-refractivity contribution in [3.8, 4) is 5.75 Å². The van der Waals surface area contributed by atoms with Gasteiger partial charge in [-0.2, -0.15) is 0 Å². The maximum absolute atomic E-state index is 5.88.